The first-order chi connectivity index (χ1) is 6.65. The molecule has 1 fully saturated rings. The Morgan fingerprint density at radius 2 is 2.14 bits per heavy atom. The molecule has 0 aromatic carbocycles. The molecule has 2 aliphatic rings. The van der Waals surface area contributed by atoms with Gasteiger partial charge in [0.25, 0.3) is 0 Å². The van der Waals surface area contributed by atoms with Gasteiger partial charge in [-0.2, -0.15) is 0 Å². The Morgan fingerprint density at radius 1 is 1.43 bits per heavy atom. The molecule has 4 heteroatoms. The van der Waals surface area contributed by atoms with E-state index in [1.807, 2.05) is 0 Å². The molecule has 1 aliphatic carbocycles. The van der Waals surface area contributed by atoms with Gasteiger partial charge in [0, 0.05) is 6.54 Å². The first kappa shape index (κ1) is 9.40. The minimum absolute atomic E-state index is 0.120. The number of carbonyl (C=O) groups is 2. The Kier molecular flexibility index (Phi) is 2.15. The van der Waals surface area contributed by atoms with E-state index in [-0.39, 0.29) is 23.7 Å². The molecule has 76 valence electrons. The van der Waals surface area contributed by atoms with Crippen LogP contribution in [0, 0.1) is 11.8 Å². The average Bonchev–Trinajstić information content (AvgIpc) is 2.39. The standard InChI is InChI=1S/C10H13NO3/c1-2-11-9(13)7-4-3-6(12)5-8(7)10(11)14/h3-4,6-8,12H,2,5H2,1H3/t6-,7-,8+/m1/s1. The monoisotopic (exact) mass is 195 g/mol. The molecule has 1 heterocycles. The van der Waals surface area contributed by atoms with Crippen molar-refractivity contribution in [3.8, 4) is 0 Å². The first-order valence-corrected chi connectivity index (χ1v) is 4.86. The van der Waals surface area contributed by atoms with Gasteiger partial charge in [-0.15, -0.1) is 0 Å². The number of imide groups is 1. The highest BCUT2D eigenvalue weighted by Gasteiger charge is 2.47. The van der Waals surface area contributed by atoms with Crippen molar-refractivity contribution in [2.45, 2.75) is 19.4 Å². The van der Waals surface area contributed by atoms with Gasteiger partial charge in [-0.25, -0.2) is 0 Å². The highest BCUT2D eigenvalue weighted by atomic mass is 16.3. The zero-order valence-corrected chi connectivity index (χ0v) is 8.01. The third-order valence-electron chi connectivity index (χ3n) is 2.92. The van der Waals surface area contributed by atoms with Crippen LogP contribution in [0.15, 0.2) is 12.2 Å². The fourth-order valence-electron chi connectivity index (χ4n) is 2.18. The molecule has 1 saturated heterocycles. The Balaban J connectivity index is 2.29. The van der Waals surface area contributed by atoms with Gasteiger partial charge in [0.15, 0.2) is 0 Å². The zero-order valence-electron chi connectivity index (χ0n) is 8.01. The quantitative estimate of drug-likeness (QED) is 0.470. The number of aliphatic hydroxyl groups is 1. The van der Waals surface area contributed by atoms with Crippen LogP contribution in [0.5, 0.6) is 0 Å². The summed E-state index contributed by atoms with van der Waals surface area (Å²) < 4.78 is 0. The Labute approximate surface area is 82.2 Å². The van der Waals surface area contributed by atoms with Gasteiger partial charge in [-0.1, -0.05) is 12.2 Å². The van der Waals surface area contributed by atoms with E-state index in [4.69, 9.17) is 0 Å². The largest absolute Gasteiger partial charge is 0.389 e. The average molecular weight is 195 g/mol. The molecule has 0 radical (unpaired) electrons. The number of fused-ring (bicyclic) bond motifs is 1. The van der Waals surface area contributed by atoms with Crippen LogP contribution in [0.4, 0.5) is 0 Å². The summed E-state index contributed by atoms with van der Waals surface area (Å²) in [5.41, 5.74) is 0. The fraction of sp³-hybridized carbons (Fsp3) is 0.600. The molecule has 0 aromatic heterocycles. The van der Waals surface area contributed by atoms with Crippen molar-refractivity contribution in [1.29, 1.82) is 0 Å². The van der Waals surface area contributed by atoms with E-state index < -0.39 is 6.10 Å². The van der Waals surface area contributed by atoms with Crippen LogP contribution in [0.3, 0.4) is 0 Å². The van der Waals surface area contributed by atoms with E-state index in [0.717, 1.165) is 0 Å². The van der Waals surface area contributed by atoms with E-state index in [2.05, 4.69) is 0 Å². The lowest BCUT2D eigenvalue weighted by molar-refractivity contribution is -0.139. The van der Waals surface area contributed by atoms with E-state index in [0.29, 0.717) is 13.0 Å². The Bertz CT molecular complexity index is 310. The number of hydrogen-bond donors (Lipinski definition) is 1. The summed E-state index contributed by atoms with van der Waals surface area (Å²) in [6.45, 7) is 2.21. The maximum absolute atomic E-state index is 11.7. The predicted molar refractivity (Wildman–Crippen MR) is 49.1 cm³/mol. The van der Waals surface area contributed by atoms with Gasteiger partial charge < -0.3 is 5.11 Å². The van der Waals surface area contributed by atoms with Crippen molar-refractivity contribution >= 4 is 11.8 Å². The predicted octanol–water partition coefficient (Wildman–Crippen LogP) is -0.0717. The number of likely N-dealkylation sites (tertiary alicyclic amines) is 1. The number of rotatable bonds is 1. The van der Waals surface area contributed by atoms with Crippen LogP contribution in [0.2, 0.25) is 0 Å². The fourth-order valence-corrected chi connectivity index (χ4v) is 2.18. The number of aliphatic hydroxyl groups excluding tert-OH is 1. The highest BCUT2D eigenvalue weighted by molar-refractivity contribution is 6.06. The van der Waals surface area contributed by atoms with Gasteiger partial charge in [0.2, 0.25) is 11.8 Å². The lowest BCUT2D eigenvalue weighted by atomic mass is 9.85. The lowest BCUT2D eigenvalue weighted by Gasteiger charge is -2.19. The second-order valence-electron chi connectivity index (χ2n) is 3.74. The molecule has 0 aromatic rings. The number of carbonyl (C=O) groups excluding carboxylic acids is 2. The SMILES string of the molecule is CCN1C(=O)[C@H]2C[C@H](O)C=C[C@H]2C1=O. The van der Waals surface area contributed by atoms with Crippen LogP contribution in [0.25, 0.3) is 0 Å². The van der Waals surface area contributed by atoms with Crippen molar-refractivity contribution in [2.24, 2.45) is 11.8 Å². The third kappa shape index (κ3) is 1.18. The topological polar surface area (TPSA) is 57.6 Å². The van der Waals surface area contributed by atoms with Gasteiger partial charge in [0.1, 0.15) is 0 Å². The minimum Gasteiger partial charge on any atom is -0.389 e. The Hall–Kier alpha value is -1.16. The van der Waals surface area contributed by atoms with Crippen molar-refractivity contribution in [3.05, 3.63) is 12.2 Å². The second kappa shape index (κ2) is 3.20. The summed E-state index contributed by atoms with van der Waals surface area (Å²) in [6, 6.07) is 0. The van der Waals surface area contributed by atoms with Crippen LogP contribution < -0.4 is 0 Å². The summed E-state index contributed by atoms with van der Waals surface area (Å²) in [6.07, 6.45) is 3.06. The molecular weight excluding hydrogens is 182 g/mol. The van der Waals surface area contributed by atoms with Crippen LogP contribution in [0.1, 0.15) is 13.3 Å². The van der Waals surface area contributed by atoms with Gasteiger partial charge in [-0.3, -0.25) is 14.5 Å². The summed E-state index contributed by atoms with van der Waals surface area (Å²) in [7, 11) is 0. The summed E-state index contributed by atoms with van der Waals surface area (Å²) >= 11 is 0. The van der Waals surface area contributed by atoms with Crippen LogP contribution >= 0.6 is 0 Å². The van der Waals surface area contributed by atoms with Gasteiger partial charge in [0.05, 0.1) is 17.9 Å². The number of amides is 2. The first-order valence-electron chi connectivity index (χ1n) is 4.86. The molecule has 1 N–H and O–H groups in total. The molecule has 2 rings (SSSR count). The molecule has 4 nitrogen and oxygen atoms in total. The zero-order chi connectivity index (χ0) is 10.3. The highest BCUT2D eigenvalue weighted by Crippen LogP contribution is 2.34. The third-order valence-corrected chi connectivity index (χ3v) is 2.92. The number of hydrogen-bond acceptors (Lipinski definition) is 3. The van der Waals surface area contributed by atoms with Crippen molar-refractivity contribution in [1.82, 2.24) is 4.90 Å². The van der Waals surface area contributed by atoms with Gasteiger partial charge in [-0.05, 0) is 13.3 Å². The summed E-state index contributed by atoms with van der Waals surface area (Å²) in [5.74, 6) is -0.912. The van der Waals surface area contributed by atoms with Gasteiger partial charge >= 0.3 is 0 Å². The molecule has 14 heavy (non-hydrogen) atoms. The minimum atomic E-state index is -0.579. The lowest BCUT2D eigenvalue weighted by Crippen LogP contribution is -2.30. The van der Waals surface area contributed by atoms with E-state index >= 15 is 0 Å². The van der Waals surface area contributed by atoms with Crippen molar-refractivity contribution < 1.29 is 14.7 Å². The molecular formula is C10H13NO3. The van der Waals surface area contributed by atoms with E-state index in [1.165, 1.54) is 4.90 Å². The molecule has 0 saturated carbocycles. The van der Waals surface area contributed by atoms with Crippen molar-refractivity contribution in [2.75, 3.05) is 6.54 Å². The molecule has 0 bridgehead atoms. The molecule has 0 unspecified atom stereocenters. The van der Waals surface area contributed by atoms with Crippen molar-refractivity contribution in [3.63, 3.8) is 0 Å². The van der Waals surface area contributed by atoms with E-state index in [1.54, 1.807) is 19.1 Å². The van der Waals surface area contributed by atoms with Crippen LogP contribution in [-0.2, 0) is 9.59 Å². The van der Waals surface area contributed by atoms with E-state index in [9.17, 15) is 14.7 Å². The molecule has 1 aliphatic heterocycles. The van der Waals surface area contributed by atoms with Crippen LogP contribution in [-0.4, -0.2) is 34.5 Å². The summed E-state index contributed by atoms with van der Waals surface area (Å²) in [5, 5.41) is 9.35. The molecule has 2 amide bonds. The maximum atomic E-state index is 11.7. The molecule has 3 atom stereocenters. The maximum Gasteiger partial charge on any atom is 0.236 e. The second-order valence-corrected chi connectivity index (χ2v) is 3.74. The summed E-state index contributed by atoms with van der Waals surface area (Å²) in [4.78, 5) is 24.6. The molecule has 0 spiro atoms. The Morgan fingerprint density at radius 3 is 2.79 bits per heavy atom. The smallest absolute Gasteiger partial charge is 0.236 e. The normalized spacial score (nSPS) is 36.4. The number of nitrogens with zero attached hydrogens (tertiary/aromatic N) is 1.